The zero-order valence-electron chi connectivity index (χ0n) is 11.2. The molecule has 0 saturated carbocycles. The molecule has 2 aromatic rings. The number of benzene rings is 2. The number of rotatable bonds is 5. The van der Waals surface area contributed by atoms with Gasteiger partial charge in [0.05, 0.1) is 0 Å². The monoisotopic (exact) mass is 295 g/mol. The fourth-order valence-electron chi connectivity index (χ4n) is 2.17. The first-order valence-electron chi connectivity index (χ1n) is 6.53. The van der Waals surface area contributed by atoms with Crippen LogP contribution in [0, 0.1) is 11.6 Å². The Morgan fingerprint density at radius 3 is 2.45 bits per heavy atom. The van der Waals surface area contributed by atoms with E-state index < -0.39 is 5.82 Å². The van der Waals surface area contributed by atoms with Gasteiger partial charge in [0, 0.05) is 11.1 Å². The molecule has 1 atom stereocenters. The molecule has 0 aromatic heterocycles. The largest absolute Gasteiger partial charge is 0.310 e. The van der Waals surface area contributed by atoms with E-state index in [0.717, 1.165) is 24.2 Å². The molecular weight excluding hydrogens is 280 g/mol. The number of hydrogen-bond acceptors (Lipinski definition) is 1. The molecule has 0 aliphatic rings. The van der Waals surface area contributed by atoms with Crippen molar-refractivity contribution in [2.75, 3.05) is 6.54 Å². The number of nitrogens with one attached hydrogen (secondary N) is 1. The Kier molecular flexibility index (Phi) is 5.10. The van der Waals surface area contributed by atoms with Crippen molar-refractivity contribution in [3.63, 3.8) is 0 Å². The van der Waals surface area contributed by atoms with E-state index in [4.69, 9.17) is 11.6 Å². The summed E-state index contributed by atoms with van der Waals surface area (Å²) in [6.07, 6.45) is 0.388. The van der Waals surface area contributed by atoms with E-state index in [1.165, 1.54) is 6.07 Å². The molecule has 0 fully saturated rings. The fraction of sp³-hybridized carbons (Fsp3) is 0.250. The quantitative estimate of drug-likeness (QED) is 0.855. The Balaban J connectivity index is 2.25. The summed E-state index contributed by atoms with van der Waals surface area (Å²) < 4.78 is 27.0. The molecule has 0 saturated heterocycles. The van der Waals surface area contributed by atoms with E-state index in [2.05, 4.69) is 5.32 Å². The molecule has 2 rings (SSSR count). The van der Waals surface area contributed by atoms with Crippen molar-refractivity contribution in [3.05, 3.63) is 70.2 Å². The zero-order chi connectivity index (χ0) is 14.5. The lowest BCUT2D eigenvalue weighted by molar-refractivity contribution is 0.522. The first-order chi connectivity index (χ1) is 9.60. The van der Waals surface area contributed by atoms with Gasteiger partial charge in [-0.2, -0.15) is 0 Å². The van der Waals surface area contributed by atoms with Gasteiger partial charge < -0.3 is 5.32 Å². The van der Waals surface area contributed by atoms with Gasteiger partial charge in [-0.05, 0) is 54.4 Å². The number of likely N-dealkylation sites (N-methyl/N-ethyl adjacent to an activating group) is 1. The second kappa shape index (κ2) is 6.82. The third-order valence-electron chi connectivity index (χ3n) is 3.15. The van der Waals surface area contributed by atoms with E-state index in [1.54, 1.807) is 12.1 Å². The lowest BCUT2D eigenvalue weighted by Crippen LogP contribution is -2.23. The molecule has 0 aliphatic carbocycles. The highest BCUT2D eigenvalue weighted by molar-refractivity contribution is 6.30. The van der Waals surface area contributed by atoms with Crippen LogP contribution in [0.5, 0.6) is 0 Å². The Morgan fingerprint density at radius 2 is 1.80 bits per heavy atom. The molecule has 0 radical (unpaired) electrons. The van der Waals surface area contributed by atoms with Crippen molar-refractivity contribution < 1.29 is 8.78 Å². The molecule has 0 amide bonds. The van der Waals surface area contributed by atoms with E-state index >= 15 is 0 Å². The van der Waals surface area contributed by atoms with Gasteiger partial charge in [0.2, 0.25) is 0 Å². The minimum absolute atomic E-state index is 0.0754. The van der Waals surface area contributed by atoms with E-state index in [9.17, 15) is 8.78 Å². The molecule has 20 heavy (non-hydrogen) atoms. The smallest absolute Gasteiger partial charge is 0.126 e. The highest BCUT2D eigenvalue weighted by Gasteiger charge is 2.14. The minimum atomic E-state index is -0.423. The summed E-state index contributed by atoms with van der Waals surface area (Å²) in [5, 5.41) is 3.93. The van der Waals surface area contributed by atoms with Crippen LogP contribution in [0.4, 0.5) is 8.78 Å². The van der Waals surface area contributed by atoms with E-state index in [-0.39, 0.29) is 11.9 Å². The molecule has 4 heteroatoms. The molecule has 0 aliphatic heterocycles. The van der Waals surface area contributed by atoms with Gasteiger partial charge in [0.25, 0.3) is 0 Å². The summed E-state index contributed by atoms with van der Waals surface area (Å²) in [6.45, 7) is 2.72. The van der Waals surface area contributed by atoms with Gasteiger partial charge in [-0.3, -0.25) is 0 Å². The standard InChI is InChI=1S/C16H16ClF2N/c1-2-20-16(11-3-5-13(17)6-4-11)10-12-9-14(18)7-8-15(12)19/h3-9,16,20H,2,10H2,1H3. The molecule has 1 nitrogen and oxygen atoms in total. The molecule has 1 unspecified atom stereocenters. The molecular formula is C16H16ClF2N. The van der Waals surface area contributed by atoms with Crippen LogP contribution in [0.1, 0.15) is 24.1 Å². The molecule has 2 aromatic carbocycles. The average Bonchev–Trinajstić information content (AvgIpc) is 2.43. The van der Waals surface area contributed by atoms with Crippen LogP contribution in [-0.2, 0) is 6.42 Å². The third kappa shape index (κ3) is 3.78. The maximum absolute atomic E-state index is 13.7. The Bertz CT molecular complexity index is 569. The Labute approximate surface area is 122 Å². The van der Waals surface area contributed by atoms with Crippen LogP contribution >= 0.6 is 11.6 Å². The highest BCUT2D eigenvalue weighted by atomic mass is 35.5. The van der Waals surface area contributed by atoms with Gasteiger partial charge in [0.1, 0.15) is 11.6 Å². The number of halogens is 3. The van der Waals surface area contributed by atoms with Crippen LogP contribution in [0.15, 0.2) is 42.5 Å². The van der Waals surface area contributed by atoms with Crippen LogP contribution in [0.3, 0.4) is 0 Å². The van der Waals surface area contributed by atoms with Crippen LogP contribution in [0.25, 0.3) is 0 Å². The molecule has 106 valence electrons. The third-order valence-corrected chi connectivity index (χ3v) is 3.41. The summed E-state index contributed by atoms with van der Waals surface area (Å²) in [7, 11) is 0. The van der Waals surface area contributed by atoms with Gasteiger partial charge >= 0.3 is 0 Å². The maximum Gasteiger partial charge on any atom is 0.126 e. The SMILES string of the molecule is CCNC(Cc1cc(F)ccc1F)c1ccc(Cl)cc1. The molecule has 1 N–H and O–H groups in total. The Morgan fingerprint density at radius 1 is 1.10 bits per heavy atom. The van der Waals surface area contributed by atoms with Gasteiger partial charge in [-0.15, -0.1) is 0 Å². The predicted molar refractivity (Wildman–Crippen MR) is 77.9 cm³/mol. The van der Waals surface area contributed by atoms with Gasteiger partial charge in [-0.1, -0.05) is 30.7 Å². The van der Waals surface area contributed by atoms with E-state index in [1.807, 2.05) is 19.1 Å². The first kappa shape index (κ1) is 14.9. The lowest BCUT2D eigenvalue weighted by atomic mass is 9.98. The fourth-order valence-corrected chi connectivity index (χ4v) is 2.30. The van der Waals surface area contributed by atoms with Crippen molar-refractivity contribution in [1.29, 1.82) is 0 Å². The lowest BCUT2D eigenvalue weighted by Gasteiger charge is -2.19. The summed E-state index contributed by atoms with van der Waals surface area (Å²) in [5.74, 6) is -0.809. The van der Waals surface area contributed by atoms with Crippen LogP contribution in [0.2, 0.25) is 5.02 Å². The van der Waals surface area contributed by atoms with Crippen molar-refractivity contribution in [2.24, 2.45) is 0 Å². The van der Waals surface area contributed by atoms with Gasteiger partial charge in [0.15, 0.2) is 0 Å². The zero-order valence-corrected chi connectivity index (χ0v) is 11.9. The van der Waals surface area contributed by atoms with Crippen molar-refractivity contribution in [3.8, 4) is 0 Å². The van der Waals surface area contributed by atoms with Crippen molar-refractivity contribution in [2.45, 2.75) is 19.4 Å². The normalized spacial score (nSPS) is 12.4. The van der Waals surface area contributed by atoms with Gasteiger partial charge in [-0.25, -0.2) is 8.78 Å². The second-order valence-electron chi connectivity index (χ2n) is 4.60. The van der Waals surface area contributed by atoms with Crippen molar-refractivity contribution in [1.82, 2.24) is 5.32 Å². The maximum atomic E-state index is 13.7. The summed E-state index contributed by atoms with van der Waals surface area (Å²) >= 11 is 5.87. The topological polar surface area (TPSA) is 12.0 Å². The highest BCUT2D eigenvalue weighted by Crippen LogP contribution is 2.22. The minimum Gasteiger partial charge on any atom is -0.310 e. The Hall–Kier alpha value is -1.45. The summed E-state index contributed by atoms with van der Waals surface area (Å²) in [4.78, 5) is 0. The first-order valence-corrected chi connectivity index (χ1v) is 6.90. The van der Waals surface area contributed by atoms with Crippen molar-refractivity contribution >= 4 is 11.6 Å². The summed E-state index contributed by atoms with van der Waals surface area (Å²) in [6, 6.07) is 10.8. The predicted octanol–water partition coefficient (Wildman–Crippen LogP) is 4.51. The number of hydrogen-bond donors (Lipinski definition) is 1. The molecule has 0 heterocycles. The second-order valence-corrected chi connectivity index (χ2v) is 5.04. The molecule has 0 bridgehead atoms. The van der Waals surface area contributed by atoms with Crippen LogP contribution < -0.4 is 5.32 Å². The molecule has 0 spiro atoms. The summed E-state index contributed by atoms with van der Waals surface area (Å²) in [5.41, 5.74) is 1.37. The van der Waals surface area contributed by atoms with Crippen LogP contribution in [-0.4, -0.2) is 6.54 Å². The van der Waals surface area contributed by atoms with E-state index in [0.29, 0.717) is 17.0 Å². The average molecular weight is 296 g/mol.